The first-order chi connectivity index (χ1) is 7.59. The van der Waals surface area contributed by atoms with E-state index in [1.807, 2.05) is 0 Å². The summed E-state index contributed by atoms with van der Waals surface area (Å²) in [6, 6.07) is 0. The molecule has 0 aromatic carbocycles. The number of primary amides is 1. The average Bonchev–Trinajstić information content (AvgIpc) is 2.24. The fourth-order valence-corrected chi connectivity index (χ4v) is 1.01. The van der Waals surface area contributed by atoms with E-state index in [4.69, 9.17) is 17.3 Å². The molecule has 0 bridgehead atoms. The summed E-state index contributed by atoms with van der Waals surface area (Å²) < 4.78 is 4.41. The molecule has 0 saturated heterocycles. The van der Waals surface area contributed by atoms with Gasteiger partial charge in [-0.3, -0.25) is 9.78 Å². The molecule has 1 aromatic heterocycles. The van der Waals surface area contributed by atoms with Gasteiger partial charge in [0.05, 0.1) is 18.9 Å². The van der Waals surface area contributed by atoms with Gasteiger partial charge in [-0.2, -0.15) is 0 Å². The van der Waals surface area contributed by atoms with Crippen molar-refractivity contribution in [1.82, 2.24) is 15.3 Å². The van der Waals surface area contributed by atoms with Gasteiger partial charge in [-0.1, -0.05) is 11.6 Å². The van der Waals surface area contributed by atoms with Crippen LogP contribution in [0.5, 0.6) is 0 Å². The topological polar surface area (TPSA) is 107 Å². The maximum atomic E-state index is 11.4. The van der Waals surface area contributed by atoms with Crippen LogP contribution < -0.4 is 11.1 Å². The Kier molecular flexibility index (Phi) is 4.46. The second-order valence-corrected chi connectivity index (χ2v) is 3.04. The maximum absolute atomic E-state index is 11.4. The summed E-state index contributed by atoms with van der Waals surface area (Å²) in [5, 5.41) is 2.57. The third-order valence-corrected chi connectivity index (χ3v) is 1.65. The van der Waals surface area contributed by atoms with Crippen LogP contribution in [0.15, 0.2) is 12.4 Å². The Morgan fingerprint density at radius 1 is 1.50 bits per heavy atom. The second-order valence-electron chi connectivity index (χ2n) is 2.65. The summed E-state index contributed by atoms with van der Waals surface area (Å²) in [6.45, 7) is 0.130. The number of nitrogens with two attached hydrogens (primary N) is 1. The van der Waals surface area contributed by atoms with Gasteiger partial charge in [-0.15, -0.1) is 0 Å². The van der Waals surface area contributed by atoms with Crippen LogP contribution >= 0.6 is 11.6 Å². The normalized spacial score (nSPS) is 9.56. The van der Waals surface area contributed by atoms with E-state index < -0.39 is 12.0 Å². The Morgan fingerprint density at radius 2 is 2.25 bits per heavy atom. The van der Waals surface area contributed by atoms with Crippen LogP contribution in [0.3, 0.4) is 0 Å². The summed E-state index contributed by atoms with van der Waals surface area (Å²) in [5.41, 5.74) is 4.82. The lowest BCUT2D eigenvalue weighted by Gasteiger charge is -2.04. The number of nitrogens with zero attached hydrogens (tertiary/aromatic N) is 2. The number of nitrogens with one attached hydrogen (secondary N) is 1. The molecule has 0 saturated carbocycles. The molecule has 0 spiro atoms. The summed E-state index contributed by atoms with van der Waals surface area (Å²) in [5.74, 6) is -0.455. The molecule has 0 unspecified atom stereocenters. The molecule has 8 heteroatoms. The standard InChI is InChI=1S/C8H9ClN4O3/c9-6-4-11-3-5(13-6)7(14)12-1-2-16-8(10)15/h3-4H,1-2H2,(H2,10,15)(H,12,14). The van der Waals surface area contributed by atoms with Gasteiger partial charge < -0.3 is 15.8 Å². The number of carbonyl (C=O) groups is 2. The zero-order valence-electron chi connectivity index (χ0n) is 8.14. The minimum atomic E-state index is -0.892. The molecule has 7 nitrogen and oxygen atoms in total. The lowest BCUT2D eigenvalue weighted by molar-refractivity contribution is 0.0931. The fraction of sp³-hybridized carbons (Fsp3) is 0.250. The minimum absolute atomic E-state index is 0.00489. The van der Waals surface area contributed by atoms with Crippen molar-refractivity contribution in [3.05, 3.63) is 23.2 Å². The Balaban J connectivity index is 2.38. The van der Waals surface area contributed by atoms with Gasteiger partial charge in [-0.05, 0) is 0 Å². The zero-order chi connectivity index (χ0) is 12.0. The van der Waals surface area contributed by atoms with Crippen molar-refractivity contribution in [3.8, 4) is 0 Å². The van der Waals surface area contributed by atoms with Gasteiger partial charge in [-0.25, -0.2) is 9.78 Å². The minimum Gasteiger partial charge on any atom is -0.448 e. The molecule has 1 aromatic rings. The fourth-order valence-electron chi connectivity index (χ4n) is 0.858. The van der Waals surface area contributed by atoms with Crippen molar-refractivity contribution < 1.29 is 14.3 Å². The Bertz CT molecular complexity index is 399. The Morgan fingerprint density at radius 3 is 2.88 bits per heavy atom. The highest BCUT2D eigenvalue weighted by Gasteiger charge is 2.07. The first kappa shape index (κ1) is 12.2. The van der Waals surface area contributed by atoms with Crippen molar-refractivity contribution in [1.29, 1.82) is 0 Å². The van der Waals surface area contributed by atoms with Gasteiger partial charge in [0, 0.05) is 0 Å². The number of carbonyl (C=O) groups excluding carboxylic acids is 2. The first-order valence-electron chi connectivity index (χ1n) is 4.27. The molecule has 1 heterocycles. The largest absolute Gasteiger partial charge is 0.448 e. The van der Waals surface area contributed by atoms with Crippen LogP contribution in [0, 0.1) is 0 Å². The monoisotopic (exact) mass is 244 g/mol. The van der Waals surface area contributed by atoms with E-state index in [0.29, 0.717) is 0 Å². The van der Waals surface area contributed by atoms with E-state index in [1.54, 1.807) is 0 Å². The van der Waals surface area contributed by atoms with Crippen LogP contribution in [-0.2, 0) is 4.74 Å². The van der Waals surface area contributed by atoms with Crippen molar-refractivity contribution in [3.63, 3.8) is 0 Å². The van der Waals surface area contributed by atoms with Gasteiger partial charge in [0.1, 0.15) is 17.5 Å². The van der Waals surface area contributed by atoms with Crippen LogP contribution in [0.2, 0.25) is 5.15 Å². The highest BCUT2D eigenvalue weighted by molar-refractivity contribution is 6.29. The number of ether oxygens (including phenoxy) is 1. The predicted octanol–water partition coefficient (Wildman–Crippen LogP) is -0.0449. The lowest BCUT2D eigenvalue weighted by Crippen LogP contribution is -2.29. The number of amides is 2. The van der Waals surface area contributed by atoms with Gasteiger partial charge in [0.2, 0.25) is 0 Å². The van der Waals surface area contributed by atoms with E-state index in [0.717, 1.165) is 0 Å². The summed E-state index contributed by atoms with van der Waals surface area (Å²) in [6.07, 6.45) is 1.70. The van der Waals surface area contributed by atoms with Gasteiger partial charge >= 0.3 is 6.09 Å². The number of rotatable bonds is 4. The van der Waals surface area contributed by atoms with E-state index in [1.165, 1.54) is 12.4 Å². The number of hydrogen-bond donors (Lipinski definition) is 2. The van der Waals surface area contributed by atoms with Crippen LogP contribution in [0.1, 0.15) is 10.5 Å². The molecule has 2 amide bonds. The van der Waals surface area contributed by atoms with Crippen molar-refractivity contribution in [2.75, 3.05) is 13.2 Å². The highest BCUT2D eigenvalue weighted by atomic mass is 35.5. The average molecular weight is 245 g/mol. The summed E-state index contributed by atoms with van der Waals surface area (Å²) in [7, 11) is 0. The molecule has 0 atom stereocenters. The van der Waals surface area contributed by atoms with Crippen molar-refractivity contribution in [2.24, 2.45) is 5.73 Å². The second kappa shape index (κ2) is 5.86. The molecular formula is C8H9ClN4O3. The molecule has 0 radical (unpaired) electrons. The predicted molar refractivity (Wildman–Crippen MR) is 54.9 cm³/mol. The smallest absolute Gasteiger partial charge is 0.404 e. The number of hydrogen-bond acceptors (Lipinski definition) is 5. The van der Waals surface area contributed by atoms with E-state index >= 15 is 0 Å². The van der Waals surface area contributed by atoms with Gasteiger partial charge in [0.15, 0.2) is 0 Å². The van der Waals surface area contributed by atoms with Crippen molar-refractivity contribution in [2.45, 2.75) is 0 Å². The molecule has 0 aliphatic rings. The summed E-state index contributed by atoms with van der Waals surface area (Å²) >= 11 is 5.55. The SMILES string of the molecule is NC(=O)OCCNC(=O)c1cncc(Cl)n1. The molecule has 1 rings (SSSR count). The quantitative estimate of drug-likeness (QED) is 0.723. The molecule has 3 N–H and O–H groups in total. The molecule has 0 aliphatic heterocycles. The van der Waals surface area contributed by atoms with Crippen molar-refractivity contribution >= 4 is 23.6 Å². The molecule has 86 valence electrons. The third-order valence-electron chi connectivity index (χ3n) is 1.47. The molecule has 0 fully saturated rings. The molecule has 0 aliphatic carbocycles. The van der Waals surface area contributed by atoms with Crippen LogP contribution in [0.4, 0.5) is 4.79 Å². The third kappa shape index (κ3) is 4.09. The Hall–Kier alpha value is -1.89. The Labute approximate surface area is 96.0 Å². The van der Waals surface area contributed by atoms with E-state index in [-0.39, 0.29) is 24.0 Å². The van der Waals surface area contributed by atoms with Crippen LogP contribution in [0.25, 0.3) is 0 Å². The maximum Gasteiger partial charge on any atom is 0.404 e. The molecular weight excluding hydrogens is 236 g/mol. The van der Waals surface area contributed by atoms with E-state index in [9.17, 15) is 9.59 Å². The lowest BCUT2D eigenvalue weighted by atomic mass is 10.4. The zero-order valence-corrected chi connectivity index (χ0v) is 8.90. The summed E-state index contributed by atoms with van der Waals surface area (Å²) in [4.78, 5) is 29.1. The van der Waals surface area contributed by atoms with Gasteiger partial charge in [0.25, 0.3) is 5.91 Å². The molecule has 16 heavy (non-hydrogen) atoms. The van der Waals surface area contributed by atoms with E-state index in [2.05, 4.69) is 20.0 Å². The highest BCUT2D eigenvalue weighted by Crippen LogP contribution is 2.01. The number of halogens is 1. The van der Waals surface area contributed by atoms with Crippen LogP contribution in [-0.4, -0.2) is 35.1 Å². The first-order valence-corrected chi connectivity index (χ1v) is 4.65. The number of aromatic nitrogens is 2.